The maximum atomic E-state index is 13.0. The number of carbonyl (C=O) groups excluding carboxylic acids is 2. The lowest BCUT2D eigenvalue weighted by Gasteiger charge is -2.42. The molecule has 158 valence electrons. The lowest BCUT2D eigenvalue weighted by Crippen LogP contribution is -2.50. The highest BCUT2D eigenvalue weighted by Crippen LogP contribution is 2.35. The Hall–Kier alpha value is -2.75. The van der Waals surface area contributed by atoms with E-state index in [2.05, 4.69) is 14.9 Å². The topological polar surface area (TPSA) is 100 Å². The average Bonchev–Trinajstić information content (AvgIpc) is 3.22. The number of amides is 3. The van der Waals surface area contributed by atoms with Gasteiger partial charge >= 0.3 is 6.03 Å². The van der Waals surface area contributed by atoms with Gasteiger partial charge in [-0.05, 0) is 37.7 Å². The second-order valence-corrected chi connectivity index (χ2v) is 9.09. The third-order valence-corrected chi connectivity index (χ3v) is 6.96. The molecule has 2 aromatic rings. The highest BCUT2D eigenvalue weighted by molar-refractivity contribution is 7.10. The molecular weight excluding hydrogens is 404 g/mol. The second kappa shape index (κ2) is 7.82. The van der Waals surface area contributed by atoms with Gasteiger partial charge in [0.2, 0.25) is 0 Å². The molecule has 0 spiro atoms. The quantitative estimate of drug-likeness (QED) is 0.788. The Morgan fingerprint density at radius 1 is 1.07 bits per heavy atom. The van der Waals surface area contributed by atoms with Crippen LogP contribution in [0.5, 0.6) is 0 Å². The number of anilines is 1. The van der Waals surface area contributed by atoms with Crippen LogP contribution >= 0.6 is 11.5 Å². The van der Waals surface area contributed by atoms with Crippen molar-refractivity contribution in [1.82, 2.24) is 24.0 Å². The van der Waals surface area contributed by atoms with Crippen LogP contribution in [0, 0.1) is 5.92 Å². The molecule has 2 atom stereocenters. The molecule has 0 unspecified atom stereocenters. The standard InChI is InChI=1S/C20H24N6O3S/c27-16-6-4-5-15-14-9-13(11-26(15)16)10-25(12-14)20(29)21-18-17(22-23-30-18)19(28)24-7-2-1-3-8-24/h4-6,13-14H,1-3,7-12H2,(H,21,29)/t13-,14+/m1/s1. The van der Waals surface area contributed by atoms with Crippen molar-refractivity contribution in [3.8, 4) is 0 Å². The summed E-state index contributed by atoms with van der Waals surface area (Å²) in [6, 6.07) is 5.11. The minimum atomic E-state index is -0.241. The van der Waals surface area contributed by atoms with Crippen molar-refractivity contribution in [2.24, 2.45) is 5.92 Å². The Labute approximate surface area is 177 Å². The molecular formula is C20H24N6O3S. The van der Waals surface area contributed by atoms with Gasteiger partial charge < -0.3 is 14.4 Å². The molecule has 3 aliphatic rings. The van der Waals surface area contributed by atoms with Crippen molar-refractivity contribution in [2.75, 3.05) is 31.5 Å². The summed E-state index contributed by atoms with van der Waals surface area (Å²) in [5.41, 5.74) is 1.25. The molecule has 0 radical (unpaired) electrons. The summed E-state index contributed by atoms with van der Waals surface area (Å²) in [6.45, 7) is 3.21. The molecule has 5 rings (SSSR count). The van der Waals surface area contributed by atoms with Crippen molar-refractivity contribution in [3.63, 3.8) is 0 Å². The van der Waals surface area contributed by atoms with Crippen LogP contribution in [0.25, 0.3) is 0 Å². The van der Waals surface area contributed by atoms with Crippen LogP contribution in [0.4, 0.5) is 9.80 Å². The Kier molecular flexibility index (Phi) is 5.01. The van der Waals surface area contributed by atoms with Crippen LogP contribution in [0.1, 0.15) is 47.8 Å². The van der Waals surface area contributed by atoms with Gasteiger partial charge in [-0.15, -0.1) is 5.10 Å². The number of aromatic nitrogens is 3. The molecule has 2 aromatic heterocycles. The minimum absolute atomic E-state index is 0.0247. The molecule has 0 aromatic carbocycles. The predicted molar refractivity (Wildman–Crippen MR) is 112 cm³/mol. The molecule has 30 heavy (non-hydrogen) atoms. The highest BCUT2D eigenvalue weighted by Gasteiger charge is 2.37. The first-order valence-electron chi connectivity index (χ1n) is 10.5. The van der Waals surface area contributed by atoms with E-state index in [9.17, 15) is 14.4 Å². The number of urea groups is 1. The van der Waals surface area contributed by atoms with Crippen molar-refractivity contribution in [3.05, 3.63) is 39.9 Å². The van der Waals surface area contributed by atoms with Gasteiger partial charge in [0.1, 0.15) is 0 Å². The maximum absolute atomic E-state index is 13.0. The second-order valence-electron chi connectivity index (χ2n) is 8.34. The van der Waals surface area contributed by atoms with Gasteiger partial charge in [0.25, 0.3) is 11.5 Å². The SMILES string of the molecule is O=C(Nc1snnc1C(=O)N1CCCCC1)N1C[C@H]2C[C@@H](C1)c1cccc(=O)n1C2. The normalized spacial score (nSPS) is 23.1. The summed E-state index contributed by atoms with van der Waals surface area (Å²) in [5, 5.41) is 7.27. The molecule has 5 heterocycles. The van der Waals surface area contributed by atoms with Crippen molar-refractivity contribution < 1.29 is 9.59 Å². The molecule has 2 bridgehead atoms. The van der Waals surface area contributed by atoms with Gasteiger partial charge in [0.15, 0.2) is 10.7 Å². The van der Waals surface area contributed by atoms with Crippen molar-refractivity contribution in [2.45, 2.75) is 38.1 Å². The Balaban J connectivity index is 1.30. The van der Waals surface area contributed by atoms with Crippen LogP contribution in [-0.4, -0.2) is 62.1 Å². The summed E-state index contributed by atoms with van der Waals surface area (Å²) in [4.78, 5) is 41.5. The third-order valence-electron chi connectivity index (χ3n) is 6.32. The van der Waals surface area contributed by atoms with Crippen LogP contribution < -0.4 is 10.9 Å². The maximum Gasteiger partial charge on any atom is 0.322 e. The van der Waals surface area contributed by atoms with Gasteiger partial charge in [-0.3, -0.25) is 14.9 Å². The summed E-state index contributed by atoms with van der Waals surface area (Å²) >= 11 is 1.03. The van der Waals surface area contributed by atoms with Gasteiger partial charge in [-0.1, -0.05) is 10.6 Å². The van der Waals surface area contributed by atoms with E-state index in [4.69, 9.17) is 0 Å². The summed E-state index contributed by atoms with van der Waals surface area (Å²) in [5.74, 6) is 0.227. The van der Waals surface area contributed by atoms with E-state index < -0.39 is 0 Å². The van der Waals surface area contributed by atoms with Gasteiger partial charge in [0, 0.05) is 61.9 Å². The number of carbonyl (C=O) groups is 2. The molecule has 2 fully saturated rings. The van der Waals surface area contributed by atoms with Gasteiger partial charge in [-0.2, -0.15) is 0 Å². The van der Waals surface area contributed by atoms with Crippen LogP contribution in [0.15, 0.2) is 23.0 Å². The lowest BCUT2D eigenvalue weighted by molar-refractivity contribution is 0.0719. The first kappa shape index (κ1) is 19.2. The van der Waals surface area contributed by atoms with Crippen molar-refractivity contribution >= 4 is 28.5 Å². The number of likely N-dealkylation sites (tertiary alicyclic amines) is 2. The number of nitrogens with zero attached hydrogens (tertiary/aromatic N) is 5. The molecule has 10 heteroatoms. The molecule has 2 saturated heterocycles. The number of rotatable bonds is 2. The van der Waals surface area contributed by atoms with E-state index >= 15 is 0 Å². The van der Waals surface area contributed by atoms with E-state index in [1.807, 2.05) is 10.6 Å². The zero-order valence-electron chi connectivity index (χ0n) is 16.6. The Morgan fingerprint density at radius 2 is 1.90 bits per heavy atom. The minimum Gasteiger partial charge on any atom is -0.337 e. The van der Waals surface area contributed by atoms with Crippen molar-refractivity contribution in [1.29, 1.82) is 0 Å². The molecule has 3 amide bonds. The van der Waals surface area contributed by atoms with Crippen LogP contribution in [0.2, 0.25) is 0 Å². The number of pyridine rings is 1. The summed E-state index contributed by atoms with van der Waals surface area (Å²) in [7, 11) is 0. The van der Waals surface area contributed by atoms with E-state index in [-0.39, 0.29) is 35.0 Å². The molecule has 0 saturated carbocycles. The monoisotopic (exact) mass is 428 g/mol. The zero-order valence-corrected chi connectivity index (χ0v) is 17.4. The summed E-state index contributed by atoms with van der Waals surface area (Å²) in [6.07, 6.45) is 4.10. The number of hydrogen-bond acceptors (Lipinski definition) is 6. The number of fused-ring (bicyclic) bond motifs is 4. The van der Waals surface area contributed by atoms with E-state index in [1.54, 1.807) is 21.9 Å². The highest BCUT2D eigenvalue weighted by atomic mass is 32.1. The zero-order chi connectivity index (χ0) is 20.7. The number of hydrogen-bond donors (Lipinski definition) is 1. The largest absolute Gasteiger partial charge is 0.337 e. The predicted octanol–water partition coefficient (Wildman–Crippen LogP) is 1.98. The van der Waals surface area contributed by atoms with E-state index in [0.29, 0.717) is 24.6 Å². The first-order valence-corrected chi connectivity index (χ1v) is 11.2. The van der Waals surface area contributed by atoms with Crippen LogP contribution in [-0.2, 0) is 6.54 Å². The van der Waals surface area contributed by atoms with E-state index in [0.717, 1.165) is 56.0 Å². The molecule has 9 nitrogen and oxygen atoms in total. The smallest absolute Gasteiger partial charge is 0.322 e. The van der Waals surface area contributed by atoms with Crippen LogP contribution in [0.3, 0.4) is 0 Å². The van der Waals surface area contributed by atoms with E-state index in [1.165, 1.54) is 0 Å². The fraction of sp³-hybridized carbons (Fsp3) is 0.550. The number of nitrogens with one attached hydrogen (secondary N) is 1. The first-order chi connectivity index (χ1) is 14.6. The van der Waals surface area contributed by atoms with Gasteiger partial charge in [-0.25, -0.2) is 4.79 Å². The Morgan fingerprint density at radius 3 is 2.73 bits per heavy atom. The Bertz CT molecular complexity index is 1030. The average molecular weight is 429 g/mol. The molecule has 1 N–H and O–H groups in total. The molecule has 3 aliphatic heterocycles. The third kappa shape index (κ3) is 3.49. The number of piperidine rings is 2. The fourth-order valence-corrected chi connectivity index (χ4v) is 5.45. The van der Waals surface area contributed by atoms with Gasteiger partial charge in [0.05, 0.1) is 0 Å². The molecule has 0 aliphatic carbocycles. The lowest BCUT2D eigenvalue weighted by atomic mass is 9.83. The summed E-state index contributed by atoms with van der Waals surface area (Å²) < 4.78 is 5.75. The fourth-order valence-electron chi connectivity index (χ4n) is 4.90.